The molecule has 2 rings (SSSR count). The zero-order valence-electron chi connectivity index (χ0n) is 16.1. The van der Waals surface area contributed by atoms with Crippen LogP contribution >= 0.6 is 0 Å². The molecule has 0 aliphatic carbocycles. The van der Waals surface area contributed by atoms with Crippen molar-refractivity contribution in [2.75, 3.05) is 22.9 Å². The number of anilines is 2. The van der Waals surface area contributed by atoms with E-state index < -0.39 is 16.1 Å². The van der Waals surface area contributed by atoms with E-state index in [1.807, 2.05) is 31.2 Å². The van der Waals surface area contributed by atoms with Crippen LogP contribution in [0.5, 0.6) is 5.75 Å². The van der Waals surface area contributed by atoms with Gasteiger partial charge in [0.1, 0.15) is 5.75 Å². The molecule has 0 saturated carbocycles. The molecule has 1 unspecified atom stereocenters. The first-order valence-electron chi connectivity index (χ1n) is 8.85. The van der Waals surface area contributed by atoms with E-state index in [2.05, 4.69) is 12.2 Å². The maximum absolute atomic E-state index is 12.5. The van der Waals surface area contributed by atoms with E-state index in [1.54, 1.807) is 24.3 Å². The van der Waals surface area contributed by atoms with Crippen LogP contribution in [0, 0.1) is 0 Å². The first-order chi connectivity index (χ1) is 12.7. The summed E-state index contributed by atoms with van der Waals surface area (Å²) in [5, 5.41) is 2.86. The van der Waals surface area contributed by atoms with Crippen molar-refractivity contribution in [2.24, 2.45) is 0 Å². The molecule has 1 atom stereocenters. The molecule has 0 saturated heterocycles. The average molecular weight is 391 g/mol. The molecule has 0 aliphatic rings. The van der Waals surface area contributed by atoms with Gasteiger partial charge in [-0.3, -0.25) is 9.10 Å². The van der Waals surface area contributed by atoms with Gasteiger partial charge in [0.15, 0.2) is 6.10 Å². The quantitative estimate of drug-likeness (QED) is 0.749. The van der Waals surface area contributed by atoms with Crippen molar-refractivity contribution >= 4 is 27.3 Å². The van der Waals surface area contributed by atoms with Gasteiger partial charge < -0.3 is 10.1 Å². The summed E-state index contributed by atoms with van der Waals surface area (Å²) in [4.78, 5) is 12.5. The fourth-order valence-electron chi connectivity index (χ4n) is 2.46. The van der Waals surface area contributed by atoms with Crippen molar-refractivity contribution < 1.29 is 17.9 Å². The second kappa shape index (κ2) is 8.90. The number of rotatable bonds is 8. The summed E-state index contributed by atoms with van der Waals surface area (Å²) >= 11 is 0. The lowest BCUT2D eigenvalue weighted by atomic mass is 10.1. The Morgan fingerprint density at radius 2 is 1.67 bits per heavy atom. The molecule has 7 heteroatoms. The third-order valence-electron chi connectivity index (χ3n) is 4.27. The molecule has 27 heavy (non-hydrogen) atoms. The van der Waals surface area contributed by atoms with E-state index in [0.717, 1.165) is 18.4 Å². The number of carbonyl (C=O) groups is 1. The fourth-order valence-corrected chi connectivity index (χ4v) is 2.96. The lowest BCUT2D eigenvalue weighted by molar-refractivity contribution is -0.122. The van der Waals surface area contributed by atoms with Gasteiger partial charge in [0.25, 0.3) is 5.91 Å². The molecular weight excluding hydrogens is 364 g/mol. The third-order valence-corrected chi connectivity index (χ3v) is 5.47. The summed E-state index contributed by atoms with van der Waals surface area (Å²) in [6.45, 7) is 3.95. The fraction of sp³-hybridized carbons (Fsp3) is 0.350. The van der Waals surface area contributed by atoms with Crippen LogP contribution in [0.25, 0.3) is 0 Å². The molecule has 0 aromatic heterocycles. The zero-order valence-corrected chi connectivity index (χ0v) is 16.9. The molecule has 0 aliphatic heterocycles. The van der Waals surface area contributed by atoms with Crippen LogP contribution in [0.15, 0.2) is 48.5 Å². The SMILES string of the molecule is CCc1ccc(NC(=O)C(CC)Oc2ccc(N(C)S(C)(=O)=O)cc2)cc1. The smallest absolute Gasteiger partial charge is 0.265 e. The topological polar surface area (TPSA) is 75.7 Å². The Kier molecular flexibility index (Phi) is 6.85. The number of hydrogen-bond acceptors (Lipinski definition) is 4. The summed E-state index contributed by atoms with van der Waals surface area (Å²) in [7, 11) is -1.84. The van der Waals surface area contributed by atoms with Crippen molar-refractivity contribution in [3.05, 3.63) is 54.1 Å². The van der Waals surface area contributed by atoms with Crippen LogP contribution in [0.1, 0.15) is 25.8 Å². The maximum atomic E-state index is 12.5. The number of aryl methyl sites for hydroxylation is 1. The number of sulfonamides is 1. The Morgan fingerprint density at radius 3 is 2.15 bits per heavy atom. The van der Waals surface area contributed by atoms with Crippen LogP contribution in [0.4, 0.5) is 11.4 Å². The number of carbonyl (C=O) groups excluding carboxylic acids is 1. The molecule has 2 aromatic rings. The molecule has 0 fully saturated rings. The standard InChI is InChI=1S/C20H26N2O4S/c1-5-15-7-9-16(10-8-15)21-20(23)19(6-2)26-18-13-11-17(12-14-18)22(3)27(4,24)25/h7-14,19H,5-6H2,1-4H3,(H,21,23). The minimum absolute atomic E-state index is 0.223. The first kappa shape index (κ1) is 20.8. The molecular formula is C20H26N2O4S. The second-order valence-electron chi connectivity index (χ2n) is 6.28. The monoisotopic (exact) mass is 390 g/mol. The highest BCUT2D eigenvalue weighted by molar-refractivity contribution is 7.92. The Hall–Kier alpha value is -2.54. The van der Waals surface area contributed by atoms with Gasteiger partial charge in [-0.25, -0.2) is 8.42 Å². The van der Waals surface area contributed by atoms with Crippen molar-refractivity contribution in [3.8, 4) is 5.75 Å². The van der Waals surface area contributed by atoms with Gasteiger partial charge in [0.05, 0.1) is 11.9 Å². The van der Waals surface area contributed by atoms with Gasteiger partial charge in [-0.15, -0.1) is 0 Å². The normalized spacial score (nSPS) is 12.3. The Morgan fingerprint density at radius 1 is 1.07 bits per heavy atom. The predicted molar refractivity (Wildman–Crippen MR) is 109 cm³/mol. The molecule has 146 valence electrons. The molecule has 0 radical (unpaired) electrons. The lowest BCUT2D eigenvalue weighted by Crippen LogP contribution is -2.32. The Balaban J connectivity index is 2.03. The largest absolute Gasteiger partial charge is 0.481 e. The molecule has 1 amide bonds. The minimum atomic E-state index is -3.32. The molecule has 2 aromatic carbocycles. The van der Waals surface area contributed by atoms with E-state index in [0.29, 0.717) is 17.9 Å². The van der Waals surface area contributed by atoms with Crippen LogP contribution in [-0.4, -0.2) is 33.7 Å². The van der Waals surface area contributed by atoms with Crippen molar-refractivity contribution in [2.45, 2.75) is 32.8 Å². The highest BCUT2D eigenvalue weighted by atomic mass is 32.2. The number of nitrogens with zero attached hydrogens (tertiary/aromatic N) is 1. The summed E-state index contributed by atoms with van der Waals surface area (Å²) in [6.07, 6.45) is 1.94. The van der Waals surface area contributed by atoms with E-state index in [-0.39, 0.29) is 5.91 Å². The van der Waals surface area contributed by atoms with Crippen molar-refractivity contribution in [1.29, 1.82) is 0 Å². The molecule has 6 nitrogen and oxygen atoms in total. The van der Waals surface area contributed by atoms with Gasteiger partial charge in [-0.2, -0.15) is 0 Å². The minimum Gasteiger partial charge on any atom is -0.481 e. The van der Waals surface area contributed by atoms with Crippen LogP contribution in [-0.2, 0) is 21.2 Å². The van der Waals surface area contributed by atoms with Gasteiger partial charge in [-0.1, -0.05) is 26.0 Å². The molecule has 0 heterocycles. The second-order valence-corrected chi connectivity index (χ2v) is 8.29. The predicted octanol–water partition coefficient (Wildman–Crippen LogP) is 3.44. The van der Waals surface area contributed by atoms with E-state index in [4.69, 9.17) is 4.74 Å². The summed E-state index contributed by atoms with van der Waals surface area (Å²) in [6, 6.07) is 14.3. The lowest BCUT2D eigenvalue weighted by Gasteiger charge is -2.19. The van der Waals surface area contributed by atoms with Crippen LogP contribution in [0.3, 0.4) is 0 Å². The van der Waals surface area contributed by atoms with E-state index in [9.17, 15) is 13.2 Å². The summed E-state index contributed by atoms with van der Waals surface area (Å²) in [5.41, 5.74) is 2.46. The molecule has 1 N–H and O–H groups in total. The van der Waals surface area contributed by atoms with Gasteiger partial charge in [0.2, 0.25) is 10.0 Å². The Labute approximate surface area is 161 Å². The zero-order chi connectivity index (χ0) is 20.0. The highest BCUT2D eigenvalue weighted by Gasteiger charge is 2.19. The summed E-state index contributed by atoms with van der Waals surface area (Å²) in [5.74, 6) is 0.281. The maximum Gasteiger partial charge on any atom is 0.265 e. The van der Waals surface area contributed by atoms with E-state index in [1.165, 1.54) is 16.9 Å². The Bertz CT molecular complexity index is 862. The summed E-state index contributed by atoms with van der Waals surface area (Å²) < 4.78 is 30.1. The number of ether oxygens (including phenoxy) is 1. The van der Waals surface area contributed by atoms with Gasteiger partial charge in [-0.05, 0) is 54.8 Å². The van der Waals surface area contributed by atoms with Gasteiger partial charge >= 0.3 is 0 Å². The van der Waals surface area contributed by atoms with Crippen molar-refractivity contribution in [1.82, 2.24) is 0 Å². The highest BCUT2D eigenvalue weighted by Crippen LogP contribution is 2.22. The first-order valence-corrected chi connectivity index (χ1v) is 10.7. The number of nitrogens with one attached hydrogen (secondary N) is 1. The van der Waals surface area contributed by atoms with Crippen LogP contribution in [0.2, 0.25) is 0 Å². The van der Waals surface area contributed by atoms with E-state index >= 15 is 0 Å². The van der Waals surface area contributed by atoms with Crippen LogP contribution < -0.4 is 14.4 Å². The third kappa shape index (κ3) is 5.72. The number of benzene rings is 2. The van der Waals surface area contributed by atoms with Crippen molar-refractivity contribution in [3.63, 3.8) is 0 Å². The molecule has 0 spiro atoms. The average Bonchev–Trinajstić information content (AvgIpc) is 2.65. The molecule has 0 bridgehead atoms. The number of amides is 1. The number of hydrogen-bond donors (Lipinski definition) is 1. The van der Waals surface area contributed by atoms with Gasteiger partial charge in [0, 0.05) is 12.7 Å².